The molecule has 0 saturated carbocycles. The third-order valence-corrected chi connectivity index (χ3v) is 6.65. The number of aryl methyl sites for hydroxylation is 2. The summed E-state index contributed by atoms with van der Waals surface area (Å²) in [6.45, 7) is 6.37. The number of amides is 1. The quantitative estimate of drug-likeness (QED) is 0.304. The molecule has 2 N–H and O–H groups in total. The molecule has 2 heterocycles. The van der Waals surface area contributed by atoms with Crippen molar-refractivity contribution in [3.05, 3.63) is 111 Å². The molecule has 0 radical (unpaired) electrons. The Morgan fingerprint density at radius 3 is 2.64 bits per heavy atom. The van der Waals surface area contributed by atoms with E-state index < -0.39 is 6.04 Å². The van der Waals surface area contributed by atoms with Gasteiger partial charge in [0.05, 0.1) is 5.57 Å². The van der Waals surface area contributed by atoms with Crippen molar-refractivity contribution < 1.29 is 9.53 Å². The van der Waals surface area contributed by atoms with Crippen molar-refractivity contribution in [2.75, 3.05) is 10.6 Å². The number of carbonyl (C=O) groups is 1. The predicted molar refractivity (Wildman–Crippen MR) is 144 cm³/mol. The number of carbonyl (C=O) groups excluding carboxylic acids is 1. The summed E-state index contributed by atoms with van der Waals surface area (Å²) in [5.74, 6) is 1.15. The number of hydrogen-bond donors (Lipinski definition) is 2. The van der Waals surface area contributed by atoms with Crippen LogP contribution in [-0.2, 0) is 11.4 Å². The predicted octanol–water partition coefficient (Wildman–Crippen LogP) is 6.16. The second kappa shape index (κ2) is 9.99. The van der Waals surface area contributed by atoms with Crippen LogP contribution in [0.2, 0.25) is 0 Å². The topological polar surface area (TPSA) is 81.1 Å². The highest BCUT2D eigenvalue weighted by Crippen LogP contribution is 2.36. The Labute approximate surface area is 218 Å². The van der Waals surface area contributed by atoms with Gasteiger partial charge >= 0.3 is 0 Å². The number of benzene rings is 3. The average molecular weight is 544 g/mol. The summed E-state index contributed by atoms with van der Waals surface area (Å²) in [6.07, 6.45) is 1.49. The summed E-state index contributed by atoms with van der Waals surface area (Å²) < 4.78 is 8.74. The smallest absolute Gasteiger partial charge is 0.255 e. The van der Waals surface area contributed by atoms with Crippen molar-refractivity contribution >= 4 is 33.5 Å². The van der Waals surface area contributed by atoms with E-state index in [2.05, 4.69) is 42.7 Å². The minimum Gasteiger partial charge on any atom is -0.489 e. The van der Waals surface area contributed by atoms with Gasteiger partial charge in [0.2, 0.25) is 5.95 Å². The molecule has 1 amide bonds. The molecule has 4 aromatic rings. The number of aromatic nitrogens is 3. The van der Waals surface area contributed by atoms with Gasteiger partial charge in [0.25, 0.3) is 5.91 Å². The van der Waals surface area contributed by atoms with Crippen LogP contribution in [0.25, 0.3) is 0 Å². The Morgan fingerprint density at radius 2 is 1.89 bits per heavy atom. The maximum atomic E-state index is 13.6. The molecule has 0 spiro atoms. The van der Waals surface area contributed by atoms with Crippen LogP contribution in [-0.4, -0.2) is 20.7 Å². The third-order valence-electron chi connectivity index (χ3n) is 6.16. The van der Waals surface area contributed by atoms with Crippen LogP contribution in [0.15, 0.2) is 88.8 Å². The van der Waals surface area contributed by atoms with Crippen LogP contribution >= 0.6 is 15.9 Å². The van der Waals surface area contributed by atoms with Gasteiger partial charge in [0.1, 0.15) is 24.7 Å². The van der Waals surface area contributed by atoms with Gasteiger partial charge in [-0.3, -0.25) is 4.79 Å². The fourth-order valence-electron chi connectivity index (χ4n) is 4.38. The zero-order valence-electron chi connectivity index (χ0n) is 20.2. The van der Waals surface area contributed by atoms with E-state index in [4.69, 9.17) is 4.74 Å². The van der Waals surface area contributed by atoms with Gasteiger partial charge in [-0.25, -0.2) is 4.68 Å². The van der Waals surface area contributed by atoms with Crippen molar-refractivity contribution in [3.63, 3.8) is 0 Å². The van der Waals surface area contributed by atoms with Crippen LogP contribution in [0.5, 0.6) is 5.75 Å². The van der Waals surface area contributed by atoms with Gasteiger partial charge < -0.3 is 15.4 Å². The molecule has 1 aromatic heterocycles. The molecule has 3 aromatic carbocycles. The number of nitrogens with one attached hydrogen (secondary N) is 2. The van der Waals surface area contributed by atoms with Crippen molar-refractivity contribution in [2.45, 2.75) is 33.4 Å². The molecule has 0 saturated heterocycles. The van der Waals surface area contributed by atoms with Crippen molar-refractivity contribution in [3.8, 4) is 5.75 Å². The largest absolute Gasteiger partial charge is 0.489 e. The minimum atomic E-state index is -0.436. The second-order valence-electron chi connectivity index (χ2n) is 8.85. The fraction of sp³-hybridized carbons (Fsp3) is 0.179. The van der Waals surface area contributed by atoms with E-state index in [0.29, 0.717) is 18.1 Å². The van der Waals surface area contributed by atoms with E-state index in [1.165, 1.54) is 6.33 Å². The van der Waals surface area contributed by atoms with E-state index in [0.717, 1.165) is 43.9 Å². The number of nitrogens with zero attached hydrogens (tertiary/aromatic N) is 3. The second-order valence-corrected chi connectivity index (χ2v) is 9.77. The Kier molecular flexibility index (Phi) is 6.61. The first kappa shape index (κ1) is 23.8. The number of ether oxygens (including phenoxy) is 1. The maximum absolute atomic E-state index is 13.6. The molecule has 1 unspecified atom stereocenters. The number of rotatable bonds is 6. The monoisotopic (exact) mass is 543 g/mol. The molecular formula is C28H26BrN5O2. The Bertz CT molecular complexity index is 1460. The van der Waals surface area contributed by atoms with Crippen LogP contribution < -0.4 is 15.4 Å². The van der Waals surface area contributed by atoms with Gasteiger partial charge in [-0.2, -0.15) is 10.1 Å². The third kappa shape index (κ3) is 4.90. The molecule has 1 aliphatic heterocycles. The number of fused-ring (bicyclic) bond motifs is 1. The Balaban J connectivity index is 1.42. The fourth-order valence-corrected chi connectivity index (χ4v) is 4.82. The lowest BCUT2D eigenvalue weighted by molar-refractivity contribution is -0.113. The number of anilines is 2. The van der Waals surface area contributed by atoms with E-state index in [1.54, 1.807) is 4.68 Å². The van der Waals surface area contributed by atoms with Gasteiger partial charge in [-0.1, -0.05) is 57.9 Å². The molecule has 5 rings (SSSR count). The van der Waals surface area contributed by atoms with Crippen LogP contribution in [0.3, 0.4) is 0 Å². The minimum absolute atomic E-state index is 0.187. The lowest BCUT2D eigenvalue weighted by atomic mass is 9.94. The highest BCUT2D eigenvalue weighted by atomic mass is 79.9. The van der Waals surface area contributed by atoms with Gasteiger partial charge in [0.15, 0.2) is 0 Å². The van der Waals surface area contributed by atoms with Gasteiger partial charge in [-0.15, -0.1) is 0 Å². The van der Waals surface area contributed by atoms with Gasteiger partial charge in [0, 0.05) is 15.9 Å². The van der Waals surface area contributed by atoms with Crippen LogP contribution in [0.4, 0.5) is 11.6 Å². The SMILES string of the molecule is CC1=C(C(=O)Nc2ccc(C)cc2C)C(c2ccc(OCc3cccc(Br)c3)cc2)n2ncnc2N1. The molecule has 0 bridgehead atoms. The molecule has 1 aliphatic rings. The zero-order chi connectivity index (χ0) is 25.2. The summed E-state index contributed by atoms with van der Waals surface area (Å²) in [4.78, 5) is 17.9. The highest BCUT2D eigenvalue weighted by molar-refractivity contribution is 9.10. The summed E-state index contributed by atoms with van der Waals surface area (Å²) in [5, 5.41) is 10.7. The van der Waals surface area contributed by atoms with Crippen molar-refractivity contribution in [1.82, 2.24) is 14.8 Å². The molecule has 36 heavy (non-hydrogen) atoms. The maximum Gasteiger partial charge on any atom is 0.255 e. The standard InChI is InChI=1S/C28H26BrN5O2/c1-17-7-12-24(18(2)13-17)33-27(35)25-19(3)32-28-30-16-31-34(28)26(25)21-8-10-23(11-9-21)36-15-20-5-4-6-22(29)14-20/h4-14,16,26H,15H2,1-3H3,(H,33,35)(H,30,31,32). The van der Waals surface area contributed by atoms with Crippen LogP contribution in [0.1, 0.15) is 35.2 Å². The lowest BCUT2D eigenvalue weighted by Gasteiger charge is -2.29. The molecule has 182 valence electrons. The highest BCUT2D eigenvalue weighted by Gasteiger charge is 2.33. The molecule has 0 aliphatic carbocycles. The Morgan fingerprint density at radius 1 is 1.08 bits per heavy atom. The first-order valence-electron chi connectivity index (χ1n) is 11.6. The van der Waals surface area contributed by atoms with E-state index >= 15 is 0 Å². The molecular weight excluding hydrogens is 518 g/mol. The van der Waals surface area contributed by atoms with E-state index in [9.17, 15) is 4.79 Å². The lowest BCUT2D eigenvalue weighted by Crippen LogP contribution is -2.31. The molecule has 1 atom stereocenters. The Hall–Kier alpha value is -3.91. The first-order chi connectivity index (χ1) is 17.4. The average Bonchev–Trinajstić information content (AvgIpc) is 3.32. The first-order valence-corrected chi connectivity index (χ1v) is 12.4. The summed E-state index contributed by atoms with van der Waals surface area (Å²) >= 11 is 3.49. The summed E-state index contributed by atoms with van der Waals surface area (Å²) in [6, 6.07) is 21.3. The number of hydrogen-bond acceptors (Lipinski definition) is 5. The summed E-state index contributed by atoms with van der Waals surface area (Å²) in [5.41, 5.74) is 6.23. The number of allylic oxidation sites excluding steroid dienone is 1. The molecule has 0 fully saturated rings. The number of halogens is 1. The van der Waals surface area contributed by atoms with Crippen molar-refractivity contribution in [2.24, 2.45) is 0 Å². The van der Waals surface area contributed by atoms with Crippen LogP contribution in [0, 0.1) is 13.8 Å². The zero-order valence-corrected chi connectivity index (χ0v) is 21.8. The van der Waals surface area contributed by atoms with Gasteiger partial charge in [-0.05, 0) is 67.8 Å². The normalized spacial score (nSPS) is 14.7. The van der Waals surface area contributed by atoms with E-state index in [1.807, 2.05) is 81.4 Å². The van der Waals surface area contributed by atoms with E-state index in [-0.39, 0.29) is 5.91 Å². The summed E-state index contributed by atoms with van der Waals surface area (Å²) in [7, 11) is 0. The molecule has 8 heteroatoms. The van der Waals surface area contributed by atoms with Crippen molar-refractivity contribution in [1.29, 1.82) is 0 Å². The molecule has 7 nitrogen and oxygen atoms in total.